The van der Waals surface area contributed by atoms with E-state index in [9.17, 15) is 14.4 Å². The Morgan fingerprint density at radius 1 is 1.29 bits per heavy atom. The Kier molecular flexibility index (Phi) is 3.36. The van der Waals surface area contributed by atoms with Crippen LogP contribution in [0, 0.1) is 18.2 Å². The van der Waals surface area contributed by atoms with Crippen molar-refractivity contribution in [1.82, 2.24) is 15.8 Å². The average Bonchev–Trinajstić information content (AvgIpc) is 3.00. The maximum Gasteiger partial charge on any atom is 0.328 e. The molecule has 1 spiro atoms. The van der Waals surface area contributed by atoms with Crippen LogP contribution in [0.1, 0.15) is 18.2 Å². The van der Waals surface area contributed by atoms with Crippen molar-refractivity contribution in [2.24, 2.45) is 5.41 Å². The van der Waals surface area contributed by atoms with Crippen LogP contribution in [0.3, 0.4) is 0 Å². The Hall–Kier alpha value is -3.01. The number of urea groups is 1. The summed E-state index contributed by atoms with van der Waals surface area (Å²) in [6.07, 6.45) is -0.613. The van der Waals surface area contributed by atoms with Crippen molar-refractivity contribution < 1.29 is 28.0 Å². The quantitative estimate of drug-likeness (QED) is 0.641. The molecule has 0 bridgehead atoms. The fraction of sp³-hybridized carbons (Fsp3) is 0.444. The van der Waals surface area contributed by atoms with Gasteiger partial charge in [-0.1, -0.05) is 5.16 Å². The summed E-state index contributed by atoms with van der Waals surface area (Å²) < 4.78 is 26.3. The predicted octanol–water partition coefficient (Wildman–Crippen LogP) is 0.778. The zero-order chi connectivity index (χ0) is 19.8. The van der Waals surface area contributed by atoms with Crippen LogP contribution >= 0.6 is 0 Å². The molecule has 4 heterocycles. The zero-order valence-corrected chi connectivity index (χ0v) is 15.2. The normalized spacial score (nSPS) is 26.1. The second-order valence-corrected chi connectivity index (χ2v) is 7.44. The van der Waals surface area contributed by atoms with Gasteiger partial charge < -0.3 is 14.2 Å². The van der Waals surface area contributed by atoms with Gasteiger partial charge >= 0.3 is 6.03 Å². The first-order valence-corrected chi connectivity index (χ1v) is 8.97. The molecular weight excluding hydrogens is 371 g/mol. The Morgan fingerprint density at radius 3 is 2.71 bits per heavy atom. The Bertz CT molecular complexity index is 1040. The van der Waals surface area contributed by atoms with E-state index in [2.05, 4.69) is 15.8 Å². The number of fused-ring (bicyclic) bond motifs is 5. The van der Waals surface area contributed by atoms with Crippen molar-refractivity contribution in [3.05, 3.63) is 23.1 Å². The maximum absolute atomic E-state index is 15.4. The van der Waals surface area contributed by atoms with Crippen molar-refractivity contribution in [1.29, 1.82) is 0 Å². The van der Waals surface area contributed by atoms with Gasteiger partial charge in [0.15, 0.2) is 11.2 Å². The summed E-state index contributed by atoms with van der Waals surface area (Å²) >= 11 is 0. The molecule has 0 aliphatic carbocycles. The number of hydrogen-bond acceptors (Lipinski definition) is 7. The van der Waals surface area contributed by atoms with E-state index in [1.54, 1.807) is 24.8 Å². The van der Waals surface area contributed by atoms with E-state index in [1.165, 1.54) is 0 Å². The highest BCUT2D eigenvalue weighted by molar-refractivity contribution is 6.20. The number of carbonyl (C=O) groups is 3. The SMILES string of the molecule is Cc1noc2c(F)c3c(cc12)CC1(C(=O)NC(=O)NC1=O)[C@H]1[C@H](C)OCCN31. The number of aryl methyl sites for hydroxylation is 1. The number of aromatic nitrogens is 1. The van der Waals surface area contributed by atoms with Gasteiger partial charge in [0.2, 0.25) is 17.4 Å². The predicted molar refractivity (Wildman–Crippen MR) is 93.1 cm³/mol. The molecule has 10 heteroatoms. The lowest BCUT2D eigenvalue weighted by molar-refractivity contribution is -0.151. The van der Waals surface area contributed by atoms with E-state index in [0.29, 0.717) is 23.3 Å². The van der Waals surface area contributed by atoms with Gasteiger partial charge in [-0.15, -0.1) is 0 Å². The van der Waals surface area contributed by atoms with Crippen LogP contribution in [0.2, 0.25) is 0 Å². The molecule has 2 N–H and O–H groups in total. The van der Waals surface area contributed by atoms with Crippen LogP contribution in [-0.4, -0.2) is 48.3 Å². The number of morpholine rings is 1. The van der Waals surface area contributed by atoms with E-state index in [1.807, 2.05) is 0 Å². The minimum atomic E-state index is -1.62. The van der Waals surface area contributed by atoms with Crippen LogP contribution in [0.4, 0.5) is 14.9 Å². The number of ether oxygens (including phenoxy) is 1. The second kappa shape index (κ2) is 5.51. The summed E-state index contributed by atoms with van der Waals surface area (Å²) in [6, 6.07) is 0.0611. The average molecular weight is 388 g/mol. The maximum atomic E-state index is 15.4. The number of carbonyl (C=O) groups excluding carboxylic acids is 3. The number of imide groups is 2. The third kappa shape index (κ3) is 1.98. The van der Waals surface area contributed by atoms with Crippen LogP contribution in [-0.2, 0) is 20.7 Å². The molecule has 0 radical (unpaired) electrons. The number of halogens is 1. The van der Waals surface area contributed by atoms with Crippen molar-refractivity contribution in [2.75, 3.05) is 18.1 Å². The molecule has 1 aromatic carbocycles. The zero-order valence-electron chi connectivity index (χ0n) is 15.2. The van der Waals surface area contributed by atoms with Gasteiger partial charge in [0.05, 0.1) is 30.1 Å². The van der Waals surface area contributed by atoms with Crippen molar-refractivity contribution in [3.63, 3.8) is 0 Å². The summed E-state index contributed by atoms with van der Waals surface area (Å²) in [5, 5.41) is 8.71. The molecular formula is C18H17FN4O5. The van der Waals surface area contributed by atoms with Gasteiger partial charge in [0, 0.05) is 18.4 Å². The summed E-state index contributed by atoms with van der Waals surface area (Å²) in [5.74, 6) is -1.99. The van der Waals surface area contributed by atoms with Crippen molar-refractivity contribution in [3.8, 4) is 0 Å². The van der Waals surface area contributed by atoms with Gasteiger partial charge in [-0.05, 0) is 25.5 Å². The van der Waals surface area contributed by atoms with E-state index in [4.69, 9.17) is 9.26 Å². The Morgan fingerprint density at radius 2 is 2.00 bits per heavy atom. The number of benzene rings is 1. The van der Waals surface area contributed by atoms with Gasteiger partial charge in [-0.2, -0.15) is 0 Å². The minimum Gasteiger partial charge on any atom is -0.374 e. The number of barbiturate groups is 1. The molecule has 28 heavy (non-hydrogen) atoms. The molecule has 9 nitrogen and oxygen atoms in total. The van der Waals surface area contributed by atoms with Crippen molar-refractivity contribution >= 4 is 34.5 Å². The molecule has 0 saturated carbocycles. The van der Waals surface area contributed by atoms with Crippen LogP contribution < -0.4 is 15.5 Å². The lowest BCUT2D eigenvalue weighted by atomic mass is 9.66. The topological polar surface area (TPSA) is 114 Å². The Balaban J connectivity index is 1.79. The molecule has 4 amide bonds. The second-order valence-electron chi connectivity index (χ2n) is 7.44. The van der Waals surface area contributed by atoms with Crippen LogP contribution in [0.25, 0.3) is 11.0 Å². The lowest BCUT2D eigenvalue weighted by Crippen LogP contribution is -2.74. The molecule has 3 aliphatic heterocycles. The largest absolute Gasteiger partial charge is 0.374 e. The first-order valence-electron chi connectivity index (χ1n) is 8.97. The minimum absolute atomic E-state index is 0.0396. The van der Waals surface area contributed by atoms with Gasteiger partial charge in [-0.25, -0.2) is 9.18 Å². The smallest absolute Gasteiger partial charge is 0.328 e. The van der Waals surface area contributed by atoms with Crippen molar-refractivity contribution in [2.45, 2.75) is 32.4 Å². The number of nitrogens with zero attached hydrogens (tertiary/aromatic N) is 2. The number of amides is 4. The summed E-state index contributed by atoms with van der Waals surface area (Å²) in [6.45, 7) is 4.01. The molecule has 2 fully saturated rings. The molecule has 3 aliphatic rings. The standard InChI is InChI=1S/C18H17FN4O5/c1-7-10-5-9-6-18(15(24)20-17(26)21-16(18)25)14-8(2)27-4-3-23(14)12(9)11(19)13(10)28-22-7/h5,8,14H,3-4,6H2,1-2H3,(H2,20,21,24,25,26)/t8-,14+/m0/s1. The molecule has 0 unspecified atom stereocenters. The van der Waals surface area contributed by atoms with E-state index < -0.39 is 41.2 Å². The first kappa shape index (κ1) is 17.1. The highest BCUT2D eigenvalue weighted by Gasteiger charge is 2.62. The summed E-state index contributed by atoms with van der Waals surface area (Å²) in [4.78, 5) is 39.3. The fourth-order valence-corrected chi connectivity index (χ4v) is 4.78. The number of nitrogens with one attached hydrogen (secondary N) is 2. The number of rotatable bonds is 0. The molecule has 146 valence electrons. The summed E-state index contributed by atoms with van der Waals surface area (Å²) in [5.41, 5.74) is -0.298. The molecule has 2 atom stereocenters. The molecule has 5 rings (SSSR count). The highest BCUT2D eigenvalue weighted by atomic mass is 19.1. The first-order chi connectivity index (χ1) is 13.3. The third-order valence-electron chi connectivity index (χ3n) is 5.96. The Labute approximate surface area is 158 Å². The van der Waals surface area contributed by atoms with E-state index >= 15 is 4.39 Å². The number of hydrogen-bond donors (Lipinski definition) is 2. The summed E-state index contributed by atoms with van der Waals surface area (Å²) in [7, 11) is 0. The lowest BCUT2D eigenvalue weighted by Gasteiger charge is -2.54. The van der Waals surface area contributed by atoms with Gasteiger partial charge in [0.1, 0.15) is 0 Å². The van der Waals surface area contributed by atoms with E-state index in [0.717, 1.165) is 0 Å². The molecule has 2 aromatic rings. The third-order valence-corrected chi connectivity index (χ3v) is 5.96. The molecule has 1 aromatic heterocycles. The monoisotopic (exact) mass is 388 g/mol. The highest BCUT2D eigenvalue weighted by Crippen LogP contribution is 2.48. The van der Waals surface area contributed by atoms with Crippen LogP contribution in [0.5, 0.6) is 0 Å². The van der Waals surface area contributed by atoms with Gasteiger partial charge in [0.25, 0.3) is 0 Å². The van der Waals surface area contributed by atoms with Gasteiger partial charge in [-0.3, -0.25) is 20.2 Å². The number of anilines is 1. The molecule has 2 saturated heterocycles. The van der Waals surface area contributed by atoms with E-state index in [-0.39, 0.29) is 24.2 Å². The van der Waals surface area contributed by atoms with Crippen LogP contribution in [0.15, 0.2) is 10.6 Å². The fourth-order valence-electron chi connectivity index (χ4n) is 4.78.